The van der Waals surface area contributed by atoms with E-state index in [0.717, 1.165) is 19.5 Å². The van der Waals surface area contributed by atoms with Gasteiger partial charge in [-0.05, 0) is 64.5 Å². The fourth-order valence-corrected chi connectivity index (χ4v) is 4.01. The molecule has 3 atom stereocenters. The van der Waals surface area contributed by atoms with Crippen LogP contribution < -0.4 is 5.73 Å². The van der Waals surface area contributed by atoms with Crippen LogP contribution in [-0.4, -0.2) is 60.6 Å². The van der Waals surface area contributed by atoms with E-state index < -0.39 is 0 Å². The minimum atomic E-state index is 0.171. The van der Waals surface area contributed by atoms with Crippen LogP contribution in [0, 0.1) is 0 Å². The highest BCUT2D eigenvalue weighted by molar-refractivity contribution is 5.28. The molecule has 1 aromatic rings. The summed E-state index contributed by atoms with van der Waals surface area (Å²) in [4.78, 5) is 9.56. The molecule has 0 radical (unpaired) electrons. The molecule has 2 heterocycles. The first kappa shape index (κ1) is 14.9. The van der Waals surface area contributed by atoms with Crippen LogP contribution in [0.3, 0.4) is 0 Å². The van der Waals surface area contributed by atoms with Crippen molar-refractivity contribution in [3.63, 3.8) is 0 Å². The number of rotatable bonds is 2. The summed E-state index contributed by atoms with van der Waals surface area (Å²) >= 11 is 0. The number of hydrogen-bond donors (Lipinski definition) is 1. The fourth-order valence-electron chi connectivity index (χ4n) is 4.01. The summed E-state index contributed by atoms with van der Waals surface area (Å²) in [6, 6.07) is 4.88. The normalized spacial score (nSPS) is 29.7. The Bertz CT molecular complexity index is 476. The molecule has 1 saturated heterocycles. The second-order valence-electron chi connectivity index (χ2n) is 6.79. The first-order chi connectivity index (χ1) is 10.2. The van der Waals surface area contributed by atoms with Crippen molar-refractivity contribution in [3.05, 3.63) is 29.6 Å². The number of nitrogens with two attached hydrogens (primary N) is 1. The van der Waals surface area contributed by atoms with Crippen molar-refractivity contribution in [3.8, 4) is 0 Å². The maximum absolute atomic E-state index is 6.75. The molecule has 1 aromatic heterocycles. The van der Waals surface area contributed by atoms with Crippen molar-refractivity contribution >= 4 is 0 Å². The van der Waals surface area contributed by atoms with Gasteiger partial charge in [0.15, 0.2) is 0 Å². The molecule has 0 saturated carbocycles. The summed E-state index contributed by atoms with van der Waals surface area (Å²) < 4.78 is 0. The van der Waals surface area contributed by atoms with Gasteiger partial charge in [-0.1, -0.05) is 6.07 Å². The van der Waals surface area contributed by atoms with Crippen LogP contribution >= 0.6 is 0 Å². The van der Waals surface area contributed by atoms with E-state index in [0.29, 0.717) is 12.0 Å². The van der Waals surface area contributed by atoms with Gasteiger partial charge in [-0.2, -0.15) is 0 Å². The topological polar surface area (TPSA) is 45.4 Å². The molecule has 0 spiro atoms. The maximum Gasteiger partial charge on any atom is 0.0482 e. The monoisotopic (exact) mass is 288 g/mol. The van der Waals surface area contributed by atoms with Crippen LogP contribution in [0.15, 0.2) is 18.3 Å². The summed E-state index contributed by atoms with van der Waals surface area (Å²) in [5.74, 6) is 0.411. The number of aromatic nitrogens is 1. The fraction of sp³-hybridized carbons (Fsp3) is 0.706. The van der Waals surface area contributed by atoms with Gasteiger partial charge < -0.3 is 15.5 Å². The SMILES string of the molecule is CN1CCCN(C)C(C(N)C2CCCc3cccnc32)C1. The van der Waals surface area contributed by atoms with Gasteiger partial charge in [0.25, 0.3) is 0 Å². The molecular weight excluding hydrogens is 260 g/mol. The standard InChI is InChI=1S/C17H28N4/c1-20-10-5-11-21(2)15(12-20)16(18)14-8-3-6-13-7-4-9-19-17(13)14/h4,7,9,14-16H,3,5-6,8,10-12,18H2,1-2H3. The van der Waals surface area contributed by atoms with Gasteiger partial charge in [-0.15, -0.1) is 0 Å². The zero-order valence-corrected chi connectivity index (χ0v) is 13.3. The molecule has 3 rings (SSSR count). The van der Waals surface area contributed by atoms with Crippen molar-refractivity contribution in [1.29, 1.82) is 0 Å². The summed E-state index contributed by atoms with van der Waals surface area (Å²) in [6.45, 7) is 3.38. The van der Waals surface area contributed by atoms with Gasteiger partial charge in [0, 0.05) is 36.4 Å². The van der Waals surface area contributed by atoms with Crippen LogP contribution in [0.4, 0.5) is 0 Å². The maximum atomic E-state index is 6.75. The molecular formula is C17H28N4. The van der Waals surface area contributed by atoms with E-state index in [1.54, 1.807) is 0 Å². The van der Waals surface area contributed by atoms with Crippen molar-refractivity contribution in [2.75, 3.05) is 33.7 Å². The molecule has 2 N–H and O–H groups in total. The summed E-state index contributed by atoms with van der Waals surface area (Å²) in [5.41, 5.74) is 9.42. The second-order valence-corrected chi connectivity index (χ2v) is 6.79. The number of hydrogen-bond acceptors (Lipinski definition) is 4. The molecule has 1 fully saturated rings. The molecule has 2 aliphatic rings. The predicted octanol–water partition coefficient (Wildman–Crippen LogP) is 1.46. The minimum absolute atomic E-state index is 0.171. The van der Waals surface area contributed by atoms with Crippen LogP contribution in [0.5, 0.6) is 0 Å². The van der Waals surface area contributed by atoms with Gasteiger partial charge in [-0.25, -0.2) is 0 Å². The highest BCUT2D eigenvalue weighted by Gasteiger charge is 2.34. The van der Waals surface area contributed by atoms with Crippen LogP contribution in [0.2, 0.25) is 0 Å². The summed E-state index contributed by atoms with van der Waals surface area (Å²) in [5, 5.41) is 0. The van der Waals surface area contributed by atoms with E-state index in [9.17, 15) is 0 Å². The summed E-state index contributed by atoms with van der Waals surface area (Å²) in [6.07, 6.45) is 6.73. The summed E-state index contributed by atoms with van der Waals surface area (Å²) in [7, 11) is 4.44. The van der Waals surface area contributed by atoms with Gasteiger partial charge in [0.2, 0.25) is 0 Å². The van der Waals surface area contributed by atoms with Crippen LogP contribution in [0.25, 0.3) is 0 Å². The second kappa shape index (κ2) is 6.42. The van der Waals surface area contributed by atoms with Crippen LogP contribution in [-0.2, 0) is 6.42 Å². The van der Waals surface area contributed by atoms with Gasteiger partial charge in [-0.3, -0.25) is 4.98 Å². The Morgan fingerprint density at radius 3 is 3.00 bits per heavy atom. The van der Waals surface area contributed by atoms with Crippen molar-refractivity contribution in [2.24, 2.45) is 5.73 Å². The molecule has 1 aliphatic heterocycles. The van der Waals surface area contributed by atoms with E-state index in [1.807, 2.05) is 6.20 Å². The quantitative estimate of drug-likeness (QED) is 0.895. The number of fused-ring (bicyclic) bond motifs is 1. The number of aryl methyl sites for hydroxylation is 1. The average Bonchev–Trinajstić information content (AvgIpc) is 2.67. The first-order valence-electron chi connectivity index (χ1n) is 8.25. The molecule has 4 heteroatoms. The third kappa shape index (κ3) is 3.12. The molecule has 3 unspecified atom stereocenters. The average molecular weight is 288 g/mol. The minimum Gasteiger partial charge on any atom is -0.326 e. The highest BCUT2D eigenvalue weighted by atomic mass is 15.2. The third-order valence-electron chi connectivity index (χ3n) is 5.26. The number of nitrogens with zero attached hydrogens (tertiary/aromatic N) is 3. The Morgan fingerprint density at radius 1 is 1.29 bits per heavy atom. The molecule has 0 amide bonds. The predicted molar refractivity (Wildman–Crippen MR) is 86.4 cm³/mol. The lowest BCUT2D eigenvalue weighted by Crippen LogP contribution is -2.53. The Kier molecular flexibility index (Phi) is 4.57. The van der Waals surface area contributed by atoms with Gasteiger partial charge in [0.05, 0.1) is 0 Å². The molecule has 116 valence electrons. The van der Waals surface area contributed by atoms with Gasteiger partial charge >= 0.3 is 0 Å². The third-order valence-corrected chi connectivity index (χ3v) is 5.26. The lowest BCUT2D eigenvalue weighted by molar-refractivity contribution is 0.177. The largest absolute Gasteiger partial charge is 0.326 e. The van der Waals surface area contributed by atoms with Crippen LogP contribution in [0.1, 0.15) is 36.4 Å². The van der Waals surface area contributed by atoms with E-state index in [4.69, 9.17) is 5.73 Å². The van der Waals surface area contributed by atoms with Gasteiger partial charge in [0.1, 0.15) is 0 Å². The molecule has 0 bridgehead atoms. The molecule has 4 nitrogen and oxygen atoms in total. The van der Waals surface area contributed by atoms with E-state index >= 15 is 0 Å². The lowest BCUT2D eigenvalue weighted by Gasteiger charge is -2.38. The molecule has 21 heavy (non-hydrogen) atoms. The lowest BCUT2D eigenvalue weighted by atomic mass is 9.79. The number of pyridine rings is 1. The van der Waals surface area contributed by atoms with Crippen molar-refractivity contribution in [2.45, 2.75) is 43.7 Å². The zero-order chi connectivity index (χ0) is 14.8. The Morgan fingerprint density at radius 2 is 2.14 bits per heavy atom. The Hall–Kier alpha value is -0.970. The Labute approximate surface area is 128 Å². The Balaban J connectivity index is 1.83. The van der Waals surface area contributed by atoms with E-state index in [-0.39, 0.29) is 6.04 Å². The van der Waals surface area contributed by atoms with Crippen molar-refractivity contribution in [1.82, 2.24) is 14.8 Å². The zero-order valence-electron chi connectivity index (χ0n) is 13.3. The smallest absolute Gasteiger partial charge is 0.0482 e. The molecule has 0 aromatic carbocycles. The first-order valence-corrected chi connectivity index (χ1v) is 8.25. The number of likely N-dealkylation sites (N-methyl/N-ethyl adjacent to an activating group) is 2. The van der Waals surface area contributed by atoms with E-state index in [1.165, 1.54) is 37.1 Å². The molecule has 1 aliphatic carbocycles. The highest BCUT2D eigenvalue weighted by Crippen LogP contribution is 2.33. The van der Waals surface area contributed by atoms with E-state index in [2.05, 4.69) is 41.0 Å². The van der Waals surface area contributed by atoms with Crippen molar-refractivity contribution < 1.29 is 0 Å².